The van der Waals surface area contributed by atoms with Gasteiger partial charge in [-0.3, -0.25) is 9.69 Å². The van der Waals surface area contributed by atoms with E-state index in [0.29, 0.717) is 36.2 Å². The van der Waals surface area contributed by atoms with E-state index in [9.17, 15) is 4.79 Å². The Morgan fingerprint density at radius 3 is 2.50 bits per heavy atom. The third-order valence-electron chi connectivity index (χ3n) is 6.96. The molecular formula is C26H34N2O4. The fraction of sp³-hybridized carbons (Fsp3) is 0.500. The minimum absolute atomic E-state index is 0.0364. The van der Waals surface area contributed by atoms with Gasteiger partial charge in [-0.1, -0.05) is 30.3 Å². The molecule has 1 unspecified atom stereocenters. The van der Waals surface area contributed by atoms with Crippen molar-refractivity contribution < 1.29 is 19.0 Å². The summed E-state index contributed by atoms with van der Waals surface area (Å²) in [5, 5.41) is 0. The van der Waals surface area contributed by atoms with Crippen LogP contribution in [0, 0.1) is 0 Å². The number of carbonyl (C=O) groups is 1. The third-order valence-corrected chi connectivity index (χ3v) is 6.96. The number of likely N-dealkylation sites (tertiary alicyclic amines) is 1. The number of hydrogen-bond donors (Lipinski definition) is 0. The van der Waals surface area contributed by atoms with Crippen molar-refractivity contribution in [1.82, 2.24) is 9.80 Å². The number of piperidine rings is 1. The second-order valence-electron chi connectivity index (χ2n) is 8.94. The van der Waals surface area contributed by atoms with Gasteiger partial charge >= 0.3 is 0 Å². The van der Waals surface area contributed by atoms with Crippen LogP contribution in [0.3, 0.4) is 0 Å². The van der Waals surface area contributed by atoms with Gasteiger partial charge in [-0.25, -0.2) is 0 Å². The van der Waals surface area contributed by atoms with E-state index in [1.54, 1.807) is 32.4 Å². The van der Waals surface area contributed by atoms with Crippen molar-refractivity contribution in [2.45, 2.75) is 43.9 Å². The van der Waals surface area contributed by atoms with E-state index in [1.807, 2.05) is 4.90 Å². The molecule has 1 atom stereocenters. The second-order valence-corrected chi connectivity index (χ2v) is 8.94. The molecule has 2 saturated heterocycles. The molecule has 2 aliphatic heterocycles. The first kappa shape index (κ1) is 22.6. The summed E-state index contributed by atoms with van der Waals surface area (Å²) < 4.78 is 17.0. The van der Waals surface area contributed by atoms with Crippen LogP contribution in [0.1, 0.15) is 41.6 Å². The van der Waals surface area contributed by atoms with Gasteiger partial charge in [-0.05, 0) is 56.5 Å². The van der Waals surface area contributed by atoms with Crippen LogP contribution in [-0.4, -0.2) is 68.3 Å². The average molecular weight is 439 g/mol. The number of hydrogen-bond acceptors (Lipinski definition) is 5. The molecule has 0 bridgehead atoms. The maximum absolute atomic E-state index is 13.1. The summed E-state index contributed by atoms with van der Waals surface area (Å²) in [6.45, 7) is 3.16. The van der Waals surface area contributed by atoms with Crippen LogP contribution in [0.25, 0.3) is 0 Å². The largest absolute Gasteiger partial charge is 0.493 e. The van der Waals surface area contributed by atoms with Crippen LogP contribution in [0.4, 0.5) is 0 Å². The standard InChI is InChI=1S/C26H34N2O4/c1-27(19-20-7-5-4-6-8-20)22-11-16-32-26(18-22)12-14-28(15-13-26)25(29)21-9-10-23(30-2)24(17-21)31-3/h4-10,17,22H,11-16,18-19H2,1-3H3. The Morgan fingerprint density at radius 2 is 1.81 bits per heavy atom. The van der Waals surface area contributed by atoms with E-state index in [2.05, 4.69) is 42.3 Å². The molecular weight excluding hydrogens is 404 g/mol. The lowest BCUT2D eigenvalue weighted by atomic mass is 9.81. The number of amides is 1. The number of methoxy groups -OCH3 is 2. The molecule has 1 spiro atoms. The van der Waals surface area contributed by atoms with Crippen LogP contribution in [0.15, 0.2) is 48.5 Å². The summed E-state index contributed by atoms with van der Waals surface area (Å²) in [6, 6.07) is 16.5. The Kier molecular flexibility index (Phi) is 7.01. The van der Waals surface area contributed by atoms with E-state index in [4.69, 9.17) is 14.2 Å². The van der Waals surface area contributed by atoms with E-state index in [1.165, 1.54) is 5.56 Å². The predicted molar refractivity (Wildman–Crippen MR) is 124 cm³/mol. The van der Waals surface area contributed by atoms with Crippen molar-refractivity contribution in [3.05, 3.63) is 59.7 Å². The highest BCUT2D eigenvalue weighted by Crippen LogP contribution is 2.37. The molecule has 2 heterocycles. The average Bonchev–Trinajstić information content (AvgIpc) is 2.84. The van der Waals surface area contributed by atoms with E-state index < -0.39 is 0 Å². The molecule has 6 heteroatoms. The van der Waals surface area contributed by atoms with Crippen molar-refractivity contribution >= 4 is 5.91 Å². The number of rotatable bonds is 6. The van der Waals surface area contributed by atoms with Gasteiger partial charge in [-0.2, -0.15) is 0 Å². The lowest BCUT2D eigenvalue weighted by molar-refractivity contribution is -0.128. The van der Waals surface area contributed by atoms with E-state index in [0.717, 1.165) is 38.8 Å². The Labute approximate surface area is 191 Å². The van der Waals surface area contributed by atoms with Crippen molar-refractivity contribution in [3.63, 3.8) is 0 Å². The van der Waals surface area contributed by atoms with Gasteiger partial charge < -0.3 is 19.1 Å². The molecule has 2 fully saturated rings. The fourth-order valence-corrected chi connectivity index (χ4v) is 5.00. The molecule has 2 aromatic rings. The highest BCUT2D eigenvalue weighted by molar-refractivity contribution is 5.95. The monoisotopic (exact) mass is 438 g/mol. The Morgan fingerprint density at radius 1 is 1.09 bits per heavy atom. The molecule has 2 aliphatic rings. The molecule has 0 aliphatic carbocycles. The molecule has 172 valence electrons. The van der Waals surface area contributed by atoms with Gasteiger partial charge in [-0.15, -0.1) is 0 Å². The molecule has 6 nitrogen and oxygen atoms in total. The highest BCUT2D eigenvalue weighted by Gasteiger charge is 2.42. The SMILES string of the molecule is COc1ccc(C(=O)N2CCC3(CC2)CC(N(C)Cc2ccccc2)CCO3)cc1OC. The van der Waals surface area contributed by atoms with Gasteiger partial charge in [0.15, 0.2) is 11.5 Å². The summed E-state index contributed by atoms with van der Waals surface area (Å²) in [6.07, 6.45) is 3.83. The lowest BCUT2D eigenvalue weighted by Gasteiger charge is -2.48. The first-order valence-corrected chi connectivity index (χ1v) is 11.4. The Balaban J connectivity index is 1.36. The normalized spacial score (nSPS) is 20.4. The fourth-order valence-electron chi connectivity index (χ4n) is 5.00. The summed E-state index contributed by atoms with van der Waals surface area (Å²) >= 11 is 0. The van der Waals surface area contributed by atoms with Crippen LogP contribution in [0.2, 0.25) is 0 Å². The van der Waals surface area contributed by atoms with Gasteiger partial charge in [0.2, 0.25) is 0 Å². The smallest absolute Gasteiger partial charge is 0.253 e. The first-order valence-electron chi connectivity index (χ1n) is 11.4. The minimum atomic E-state index is -0.123. The number of carbonyl (C=O) groups excluding carboxylic acids is 1. The predicted octanol–water partition coefficient (Wildman–Crippen LogP) is 3.99. The molecule has 0 radical (unpaired) electrons. The topological polar surface area (TPSA) is 51.2 Å². The maximum Gasteiger partial charge on any atom is 0.253 e. The zero-order valence-electron chi connectivity index (χ0n) is 19.4. The summed E-state index contributed by atoms with van der Waals surface area (Å²) in [4.78, 5) is 17.5. The number of benzene rings is 2. The molecule has 0 aromatic heterocycles. The van der Waals surface area contributed by atoms with E-state index in [-0.39, 0.29) is 11.5 Å². The van der Waals surface area contributed by atoms with Crippen LogP contribution in [-0.2, 0) is 11.3 Å². The summed E-state index contributed by atoms with van der Waals surface area (Å²) in [5.41, 5.74) is 1.84. The third kappa shape index (κ3) is 4.92. The zero-order chi connectivity index (χ0) is 22.6. The number of ether oxygens (including phenoxy) is 3. The molecule has 32 heavy (non-hydrogen) atoms. The van der Waals surface area contributed by atoms with Gasteiger partial charge in [0, 0.05) is 37.8 Å². The summed E-state index contributed by atoms with van der Waals surface area (Å²) in [5.74, 6) is 1.24. The van der Waals surface area contributed by atoms with Gasteiger partial charge in [0.05, 0.1) is 19.8 Å². The first-order chi connectivity index (χ1) is 15.5. The molecule has 0 saturated carbocycles. The number of nitrogens with zero attached hydrogens (tertiary/aromatic N) is 2. The van der Waals surface area contributed by atoms with Crippen LogP contribution < -0.4 is 9.47 Å². The zero-order valence-corrected chi connectivity index (χ0v) is 19.4. The Bertz CT molecular complexity index is 909. The van der Waals surface area contributed by atoms with Crippen LogP contribution >= 0.6 is 0 Å². The molecule has 0 N–H and O–H groups in total. The lowest BCUT2D eigenvalue weighted by Crippen LogP contribution is -2.54. The van der Waals surface area contributed by atoms with E-state index >= 15 is 0 Å². The maximum atomic E-state index is 13.1. The van der Waals surface area contributed by atoms with Gasteiger partial charge in [0.1, 0.15) is 0 Å². The van der Waals surface area contributed by atoms with Crippen molar-refractivity contribution in [2.24, 2.45) is 0 Å². The molecule has 1 amide bonds. The minimum Gasteiger partial charge on any atom is -0.493 e. The van der Waals surface area contributed by atoms with Gasteiger partial charge in [0.25, 0.3) is 5.91 Å². The second kappa shape index (κ2) is 9.92. The Hall–Kier alpha value is -2.57. The highest BCUT2D eigenvalue weighted by atomic mass is 16.5. The molecule has 4 rings (SSSR count). The summed E-state index contributed by atoms with van der Waals surface area (Å²) in [7, 11) is 5.40. The van der Waals surface area contributed by atoms with Crippen molar-refractivity contribution in [3.8, 4) is 11.5 Å². The van der Waals surface area contributed by atoms with Crippen molar-refractivity contribution in [2.75, 3.05) is 41.0 Å². The van der Waals surface area contributed by atoms with Crippen LogP contribution in [0.5, 0.6) is 11.5 Å². The quantitative estimate of drug-likeness (QED) is 0.683. The van der Waals surface area contributed by atoms with Crippen molar-refractivity contribution in [1.29, 1.82) is 0 Å². The molecule has 2 aromatic carbocycles.